The zero-order valence-electron chi connectivity index (χ0n) is 9.55. The van der Waals surface area contributed by atoms with Crippen LogP contribution in [0.25, 0.3) is 32.8 Å². The Bertz CT molecular complexity index is 843. The van der Waals surface area contributed by atoms with E-state index in [1.165, 1.54) is 16.2 Å². The van der Waals surface area contributed by atoms with E-state index >= 15 is 0 Å². The van der Waals surface area contributed by atoms with E-state index in [0.29, 0.717) is 0 Å². The van der Waals surface area contributed by atoms with Crippen LogP contribution in [0.2, 0.25) is 0 Å². The van der Waals surface area contributed by atoms with Gasteiger partial charge in [0.1, 0.15) is 5.65 Å². The lowest BCUT2D eigenvalue weighted by Gasteiger charge is -1.96. The van der Waals surface area contributed by atoms with Gasteiger partial charge in [-0.25, -0.2) is 4.98 Å². The number of pyridine rings is 1. The van der Waals surface area contributed by atoms with Crippen LogP contribution < -0.4 is 0 Å². The Balaban J connectivity index is 0.000001000. The van der Waals surface area contributed by atoms with Gasteiger partial charge in [0.05, 0.1) is 5.52 Å². The van der Waals surface area contributed by atoms with Crippen molar-refractivity contribution in [1.29, 1.82) is 0 Å². The Morgan fingerprint density at radius 2 is 1.61 bits per heavy atom. The van der Waals surface area contributed by atoms with Gasteiger partial charge in [0, 0.05) is 21.7 Å². The zero-order valence-corrected chi connectivity index (χ0v) is 10.4. The highest BCUT2D eigenvalue weighted by molar-refractivity contribution is 6.09. The molecule has 88 valence electrons. The van der Waals surface area contributed by atoms with E-state index in [4.69, 9.17) is 0 Å². The molecule has 0 spiro atoms. The Morgan fingerprint density at radius 3 is 2.56 bits per heavy atom. The number of halogens is 1. The summed E-state index contributed by atoms with van der Waals surface area (Å²) in [6.45, 7) is 0. The second-order valence-electron chi connectivity index (χ2n) is 4.25. The van der Waals surface area contributed by atoms with Crippen LogP contribution in [-0.2, 0) is 0 Å². The van der Waals surface area contributed by atoms with Crippen molar-refractivity contribution in [3.63, 3.8) is 0 Å². The third-order valence-corrected chi connectivity index (χ3v) is 3.19. The number of aromatic nitrogens is 2. The number of H-pyrrole nitrogens is 1. The molecule has 4 rings (SSSR count). The minimum absolute atomic E-state index is 0. The fourth-order valence-electron chi connectivity index (χ4n) is 2.37. The van der Waals surface area contributed by atoms with E-state index in [1.807, 2.05) is 24.3 Å². The molecular formula is C15H11ClN2. The van der Waals surface area contributed by atoms with Gasteiger partial charge in [-0.05, 0) is 18.2 Å². The fraction of sp³-hybridized carbons (Fsp3) is 0. The fourth-order valence-corrected chi connectivity index (χ4v) is 2.37. The summed E-state index contributed by atoms with van der Waals surface area (Å²) in [5.74, 6) is 0. The molecule has 4 aromatic rings. The van der Waals surface area contributed by atoms with Crippen molar-refractivity contribution in [2.75, 3.05) is 0 Å². The van der Waals surface area contributed by atoms with Gasteiger partial charge in [-0.2, -0.15) is 0 Å². The Hall–Kier alpha value is -2.06. The molecule has 0 radical (unpaired) electrons. The van der Waals surface area contributed by atoms with Crippen LogP contribution in [0.4, 0.5) is 0 Å². The summed E-state index contributed by atoms with van der Waals surface area (Å²) in [6.07, 6.45) is 0. The molecule has 2 aromatic carbocycles. The quantitative estimate of drug-likeness (QED) is 0.498. The van der Waals surface area contributed by atoms with E-state index in [9.17, 15) is 0 Å². The van der Waals surface area contributed by atoms with Gasteiger partial charge in [0.25, 0.3) is 0 Å². The lowest BCUT2D eigenvalue weighted by molar-refractivity contribution is 1.40. The number of nitrogens with one attached hydrogen (secondary N) is 1. The maximum atomic E-state index is 4.66. The molecule has 1 N–H and O–H groups in total. The van der Waals surface area contributed by atoms with E-state index in [1.54, 1.807) is 0 Å². The Labute approximate surface area is 110 Å². The van der Waals surface area contributed by atoms with Gasteiger partial charge in [0.15, 0.2) is 0 Å². The van der Waals surface area contributed by atoms with Crippen LogP contribution >= 0.6 is 12.4 Å². The van der Waals surface area contributed by atoms with E-state index in [-0.39, 0.29) is 12.4 Å². The van der Waals surface area contributed by atoms with E-state index in [0.717, 1.165) is 16.7 Å². The van der Waals surface area contributed by atoms with E-state index < -0.39 is 0 Å². The Kier molecular flexibility index (Phi) is 2.46. The molecule has 0 amide bonds. The smallest absolute Gasteiger partial charge is 0.139 e. The van der Waals surface area contributed by atoms with Crippen LogP contribution in [0.5, 0.6) is 0 Å². The standard InChI is InChI=1S/C15H10N2.ClH/c1-3-7-13-10(5-1)9-12-11-6-2-4-8-14(11)17-15(12)16-13;/h1-9H,(H,16,17);1H. The highest BCUT2D eigenvalue weighted by Gasteiger charge is 2.05. The number of para-hydroxylation sites is 2. The molecule has 0 saturated heterocycles. The third kappa shape index (κ3) is 1.46. The maximum Gasteiger partial charge on any atom is 0.139 e. The molecule has 0 unspecified atom stereocenters. The van der Waals surface area contributed by atoms with Gasteiger partial charge in [0.2, 0.25) is 0 Å². The van der Waals surface area contributed by atoms with Crippen LogP contribution in [0, 0.1) is 0 Å². The average molecular weight is 255 g/mol. The summed E-state index contributed by atoms with van der Waals surface area (Å²) in [7, 11) is 0. The summed E-state index contributed by atoms with van der Waals surface area (Å²) >= 11 is 0. The summed E-state index contributed by atoms with van der Waals surface area (Å²) in [5, 5.41) is 3.62. The molecule has 0 aliphatic rings. The minimum atomic E-state index is 0. The molecule has 0 aliphatic heterocycles. The first kappa shape index (κ1) is 11.1. The normalized spacial score (nSPS) is 10.9. The van der Waals surface area contributed by atoms with Crippen molar-refractivity contribution in [3.05, 3.63) is 54.6 Å². The SMILES string of the molecule is Cl.c1ccc2nc3[nH]c4ccccc4c3cc2c1. The summed E-state index contributed by atoms with van der Waals surface area (Å²) in [5.41, 5.74) is 3.14. The predicted molar refractivity (Wildman–Crippen MR) is 78.4 cm³/mol. The highest BCUT2D eigenvalue weighted by Crippen LogP contribution is 2.26. The first-order chi connectivity index (χ1) is 8.42. The molecular weight excluding hydrogens is 244 g/mol. The Morgan fingerprint density at radius 1 is 0.833 bits per heavy atom. The number of fused-ring (bicyclic) bond motifs is 4. The predicted octanol–water partition coefficient (Wildman–Crippen LogP) is 4.29. The minimum Gasteiger partial charge on any atom is -0.339 e. The van der Waals surface area contributed by atoms with Crippen LogP contribution in [0.3, 0.4) is 0 Å². The third-order valence-electron chi connectivity index (χ3n) is 3.19. The monoisotopic (exact) mass is 254 g/mol. The number of nitrogens with zero attached hydrogens (tertiary/aromatic N) is 1. The summed E-state index contributed by atoms with van der Waals surface area (Å²) in [4.78, 5) is 8.02. The molecule has 0 fully saturated rings. The molecule has 0 bridgehead atoms. The second kappa shape index (κ2) is 4.00. The summed E-state index contributed by atoms with van der Waals surface area (Å²) < 4.78 is 0. The number of aromatic amines is 1. The largest absolute Gasteiger partial charge is 0.339 e. The highest BCUT2D eigenvalue weighted by atomic mass is 35.5. The second-order valence-corrected chi connectivity index (χ2v) is 4.25. The molecule has 18 heavy (non-hydrogen) atoms. The van der Waals surface area contributed by atoms with Crippen molar-refractivity contribution >= 4 is 45.2 Å². The van der Waals surface area contributed by atoms with Crippen molar-refractivity contribution in [1.82, 2.24) is 9.97 Å². The van der Waals surface area contributed by atoms with Crippen LogP contribution in [-0.4, -0.2) is 9.97 Å². The number of hydrogen-bond acceptors (Lipinski definition) is 1. The zero-order chi connectivity index (χ0) is 11.2. The van der Waals surface area contributed by atoms with Crippen LogP contribution in [0.1, 0.15) is 0 Å². The lowest BCUT2D eigenvalue weighted by Crippen LogP contribution is -1.79. The van der Waals surface area contributed by atoms with Crippen molar-refractivity contribution in [2.45, 2.75) is 0 Å². The molecule has 3 heteroatoms. The van der Waals surface area contributed by atoms with Gasteiger partial charge >= 0.3 is 0 Å². The number of hydrogen-bond donors (Lipinski definition) is 1. The average Bonchev–Trinajstić information content (AvgIpc) is 2.73. The lowest BCUT2D eigenvalue weighted by atomic mass is 10.1. The molecule has 2 heterocycles. The van der Waals surface area contributed by atoms with Crippen LogP contribution in [0.15, 0.2) is 54.6 Å². The molecule has 2 aromatic heterocycles. The molecule has 2 nitrogen and oxygen atoms in total. The molecule has 0 atom stereocenters. The molecule has 0 aliphatic carbocycles. The maximum absolute atomic E-state index is 4.66. The van der Waals surface area contributed by atoms with Gasteiger partial charge in [-0.15, -0.1) is 12.4 Å². The van der Waals surface area contributed by atoms with E-state index in [2.05, 4.69) is 40.3 Å². The first-order valence-corrected chi connectivity index (χ1v) is 5.68. The topological polar surface area (TPSA) is 28.7 Å². The first-order valence-electron chi connectivity index (χ1n) is 5.68. The molecule has 0 saturated carbocycles. The van der Waals surface area contributed by atoms with Crippen molar-refractivity contribution in [3.8, 4) is 0 Å². The van der Waals surface area contributed by atoms with Gasteiger partial charge in [-0.1, -0.05) is 36.4 Å². The van der Waals surface area contributed by atoms with Gasteiger partial charge < -0.3 is 4.98 Å². The number of benzene rings is 2. The number of rotatable bonds is 0. The van der Waals surface area contributed by atoms with Crippen molar-refractivity contribution in [2.24, 2.45) is 0 Å². The summed E-state index contributed by atoms with van der Waals surface area (Å²) in [6, 6.07) is 18.7. The van der Waals surface area contributed by atoms with Crippen molar-refractivity contribution < 1.29 is 0 Å². The van der Waals surface area contributed by atoms with Gasteiger partial charge in [-0.3, -0.25) is 0 Å².